The van der Waals surface area contributed by atoms with Gasteiger partial charge in [-0.2, -0.15) is 0 Å². The summed E-state index contributed by atoms with van der Waals surface area (Å²) in [6.45, 7) is 4.17. The lowest BCUT2D eigenvalue weighted by atomic mass is 10.0. The minimum Gasteiger partial charge on any atom is -0.462 e. The zero-order valence-electron chi connectivity index (χ0n) is 17.1. The normalized spacial score (nSPS) is 14.4. The van der Waals surface area contributed by atoms with Gasteiger partial charge in [-0.3, -0.25) is 9.97 Å². The van der Waals surface area contributed by atoms with E-state index >= 15 is 0 Å². The second-order valence-electron chi connectivity index (χ2n) is 7.88. The smallest absolute Gasteiger partial charge is 0.153 e. The van der Waals surface area contributed by atoms with E-state index in [-0.39, 0.29) is 0 Å². The maximum atomic E-state index is 5.94. The molecule has 3 aromatic heterocycles. The van der Waals surface area contributed by atoms with E-state index in [1.807, 2.05) is 36.7 Å². The van der Waals surface area contributed by atoms with Crippen molar-refractivity contribution in [2.24, 2.45) is 0 Å². The van der Waals surface area contributed by atoms with Crippen LogP contribution in [0.2, 0.25) is 0 Å². The first-order valence-corrected chi connectivity index (χ1v) is 10.6. The third kappa shape index (κ3) is 3.23. The molecule has 1 N–H and O–H groups in total. The Bertz CT molecular complexity index is 1360. The van der Waals surface area contributed by atoms with E-state index in [2.05, 4.69) is 51.6 Å². The minimum absolute atomic E-state index is 0.791. The molecule has 152 valence electrons. The molecule has 2 aromatic carbocycles. The van der Waals surface area contributed by atoms with Crippen molar-refractivity contribution < 1.29 is 4.42 Å². The molecule has 0 spiro atoms. The van der Waals surface area contributed by atoms with Gasteiger partial charge >= 0.3 is 0 Å². The number of rotatable bonds is 3. The fourth-order valence-corrected chi connectivity index (χ4v) is 4.38. The molecular weight excluding hydrogens is 384 g/mol. The predicted octanol–water partition coefficient (Wildman–Crippen LogP) is 5.12. The predicted molar refractivity (Wildman–Crippen MR) is 125 cm³/mol. The number of fused-ring (bicyclic) bond motifs is 2. The second kappa shape index (κ2) is 7.52. The van der Waals surface area contributed by atoms with Crippen LogP contribution in [0.25, 0.3) is 44.3 Å². The molecule has 0 radical (unpaired) electrons. The second-order valence-corrected chi connectivity index (χ2v) is 7.88. The molecule has 0 aliphatic carbocycles. The number of hydrogen-bond acceptors (Lipinski definition) is 5. The average Bonchev–Trinajstić information content (AvgIpc) is 3.27. The number of piperazine rings is 1. The van der Waals surface area contributed by atoms with Gasteiger partial charge in [0.1, 0.15) is 11.8 Å². The zero-order chi connectivity index (χ0) is 20.6. The molecule has 5 heteroatoms. The van der Waals surface area contributed by atoms with E-state index in [0.29, 0.717) is 0 Å². The third-order valence-corrected chi connectivity index (χ3v) is 6.03. The number of pyridine rings is 2. The SMILES string of the molecule is c1ccc2c(-c3coc4cc(-c5ccc(N6CCNCC6)cc5)cnc34)ccnc2c1. The number of nitrogens with one attached hydrogen (secondary N) is 1. The number of benzene rings is 2. The fraction of sp³-hybridized carbons (Fsp3) is 0.154. The van der Waals surface area contributed by atoms with Crippen LogP contribution in [0.4, 0.5) is 5.69 Å². The van der Waals surface area contributed by atoms with Gasteiger partial charge in [0.25, 0.3) is 0 Å². The van der Waals surface area contributed by atoms with Crippen molar-refractivity contribution in [1.82, 2.24) is 15.3 Å². The van der Waals surface area contributed by atoms with Gasteiger partial charge in [0, 0.05) is 60.8 Å². The number of para-hydroxylation sites is 1. The van der Waals surface area contributed by atoms with Crippen molar-refractivity contribution in [3.8, 4) is 22.3 Å². The molecule has 0 atom stereocenters. The number of anilines is 1. The van der Waals surface area contributed by atoms with Gasteiger partial charge in [-0.1, -0.05) is 30.3 Å². The molecule has 4 heterocycles. The lowest BCUT2D eigenvalue weighted by Crippen LogP contribution is -2.43. The Morgan fingerprint density at radius 3 is 2.55 bits per heavy atom. The van der Waals surface area contributed by atoms with Crippen molar-refractivity contribution in [1.29, 1.82) is 0 Å². The summed E-state index contributed by atoms with van der Waals surface area (Å²) in [6.07, 6.45) is 5.58. The first kappa shape index (κ1) is 18.1. The van der Waals surface area contributed by atoms with Crippen LogP contribution < -0.4 is 10.2 Å². The van der Waals surface area contributed by atoms with Crippen LogP contribution in [0.5, 0.6) is 0 Å². The van der Waals surface area contributed by atoms with Gasteiger partial charge < -0.3 is 14.6 Å². The summed E-state index contributed by atoms with van der Waals surface area (Å²) in [7, 11) is 0. The summed E-state index contributed by atoms with van der Waals surface area (Å²) in [5, 5.41) is 4.50. The Labute approximate surface area is 180 Å². The summed E-state index contributed by atoms with van der Waals surface area (Å²) in [4.78, 5) is 11.7. The van der Waals surface area contributed by atoms with E-state index in [1.165, 1.54) is 5.69 Å². The van der Waals surface area contributed by atoms with E-state index in [1.54, 1.807) is 6.26 Å². The van der Waals surface area contributed by atoms with Crippen molar-refractivity contribution in [3.05, 3.63) is 79.3 Å². The highest BCUT2D eigenvalue weighted by molar-refractivity contribution is 6.02. The molecule has 0 unspecified atom stereocenters. The van der Waals surface area contributed by atoms with Crippen LogP contribution >= 0.6 is 0 Å². The van der Waals surface area contributed by atoms with Crippen molar-refractivity contribution in [2.45, 2.75) is 0 Å². The maximum absolute atomic E-state index is 5.94. The molecule has 0 saturated carbocycles. The average molecular weight is 406 g/mol. The Morgan fingerprint density at radius 2 is 1.68 bits per heavy atom. The zero-order valence-corrected chi connectivity index (χ0v) is 17.1. The number of hydrogen-bond donors (Lipinski definition) is 1. The van der Waals surface area contributed by atoms with Gasteiger partial charge in [-0.15, -0.1) is 0 Å². The minimum atomic E-state index is 0.791. The largest absolute Gasteiger partial charge is 0.462 e. The first-order valence-electron chi connectivity index (χ1n) is 10.6. The number of aromatic nitrogens is 2. The standard InChI is InChI=1S/C26H22N4O/c1-2-4-24-22(3-1)21(9-10-28-24)23-17-31-25-15-19(16-29-26(23)25)18-5-7-20(8-6-18)30-13-11-27-12-14-30/h1-10,15-17,27H,11-14H2. The Hall–Kier alpha value is -3.70. The van der Waals surface area contributed by atoms with Crippen LogP contribution in [-0.2, 0) is 0 Å². The van der Waals surface area contributed by atoms with Gasteiger partial charge in [0.05, 0.1) is 5.52 Å². The highest BCUT2D eigenvalue weighted by Gasteiger charge is 2.14. The van der Waals surface area contributed by atoms with Gasteiger partial charge in [-0.05, 0) is 41.5 Å². The maximum Gasteiger partial charge on any atom is 0.153 e. The summed E-state index contributed by atoms with van der Waals surface area (Å²) in [5.74, 6) is 0. The lowest BCUT2D eigenvalue weighted by Gasteiger charge is -2.29. The number of nitrogens with zero attached hydrogens (tertiary/aromatic N) is 3. The van der Waals surface area contributed by atoms with Crippen LogP contribution in [0, 0.1) is 0 Å². The molecule has 1 aliphatic rings. The van der Waals surface area contributed by atoms with Crippen LogP contribution in [0.15, 0.2) is 83.7 Å². The monoisotopic (exact) mass is 406 g/mol. The molecule has 0 bridgehead atoms. The van der Waals surface area contributed by atoms with Crippen molar-refractivity contribution >= 4 is 27.7 Å². The summed E-state index contributed by atoms with van der Waals surface area (Å²) in [6, 6.07) is 21.0. The Balaban J connectivity index is 1.36. The van der Waals surface area contributed by atoms with Crippen LogP contribution in [-0.4, -0.2) is 36.1 Å². The number of furan rings is 1. The summed E-state index contributed by atoms with van der Waals surface area (Å²) >= 11 is 0. The van der Waals surface area contributed by atoms with Crippen LogP contribution in [0.1, 0.15) is 0 Å². The summed E-state index contributed by atoms with van der Waals surface area (Å²) in [5.41, 5.74) is 8.18. The van der Waals surface area contributed by atoms with Gasteiger partial charge in [0.15, 0.2) is 5.58 Å². The first-order chi connectivity index (χ1) is 15.4. The molecule has 6 rings (SSSR count). The Morgan fingerprint density at radius 1 is 0.839 bits per heavy atom. The van der Waals surface area contributed by atoms with E-state index < -0.39 is 0 Å². The molecule has 0 amide bonds. The molecule has 1 fully saturated rings. The van der Waals surface area contributed by atoms with E-state index in [4.69, 9.17) is 9.40 Å². The lowest BCUT2D eigenvalue weighted by molar-refractivity contribution is 0.589. The summed E-state index contributed by atoms with van der Waals surface area (Å²) < 4.78 is 5.94. The van der Waals surface area contributed by atoms with Crippen molar-refractivity contribution in [2.75, 3.05) is 31.1 Å². The Kier molecular flexibility index (Phi) is 4.39. The molecule has 5 aromatic rings. The highest BCUT2D eigenvalue weighted by Crippen LogP contribution is 2.35. The molecule has 31 heavy (non-hydrogen) atoms. The molecular formula is C26H22N4O. The highest BCUT2D eigenvalue weighted by atomic mass is 16.3. The third-order valence-electron chi connectivity index (χ3n) is 6.03. The fourth-order valence-electron chi connectivity index (χ4n) is 4.38. The molecule has 1 aliphatic heterocycles. The van der Waals surface area contributed by atoms with E-state index in [0.717, 1.165) is 70.4 Å². The van der Waals surface area contributed by atoms with Gasteiger partial charge in [-0.25, -0.2) is 0 Å². The quantitative estimate of drug-likeness (QED) is 0.451. The van der Waals surface area contributed by atoms with Crippen molar-refractivity contribution in [3.63, 3.8) is 0 Å². The molecule has 5 nitrogen and oxygen atoms in total. The van der Waals surface area contributed by atoms with Gasteiger partial charge in [0.2, 0.25) is 0 Å². The topological polar surface area (TPSA) is 54.2 Å². The molecule has 1 saturated heterocycles. The van der Waals surface area contributed by atoms with Crippen LogP contribution in [0.3, 0.4) is 0 Å². The van der Waals surface area contributed by atoms with E-state index in [9.17, 15) is 0 Å².